The van der Waals surface area contributed by atoms with Crippen molar-refractivity contribution in [1.29, 1.82) is 0 Å². The van der Waals surface area contributed by atoms with Gasteiger partial charge < -0.3 is 14.9 Å². The minimum absolute atomic E-state index is 0.0776. The fourth-order valence-corrected chi connectivity index (χ4v) is 3.25. The lowest BCUT2D eigenvalue weighted by molar-refractivity contribution is -0.705. The van der Waals surface area contributed by atoms with Crippen LogP contribution < -0.4 is 15.1 Å². The number of rotatable bonds is 6. The maximum Gasteiger partial charge on any atom is 0.298 e. The molecule has 0 bridgehead atoms. The SMILES string of the molecule is Cc1ccc(-[n+]2noc([O-])c2SCC(=O)Nc2ccc(C(C)C)cc2)cc1. The quantitative estimate of drug-likeness (QED) is 0.522. The van der Waals surface area contributed by atoms with Crippen LogP contribution >= 0.6 is 11.8 Å². The molecule has 0 spiro atoms. The van der Waals surface area contributed by atoms with E-state index in [9.17, 15) is 9.90 Å². The Balaban J connectivity index is 1.65. The zero-order valence-electron chi connectivity index (χ0n) is 15.4. The van der Waals surface area contributed by atoms with E-state index in [-0.39, 0.29) is 16.7 Å². The molecule has 7 heteroatoms. The first-order valence-electron chi connectivity index (χ1n) is 8.62. The number of aromatic nitrogens is 2. The van der Waals surface area contributed by atoms with Gasteiger partial charge in [-0.05, 0) is 47.0 Å². The van der Waals surface area contributed by atoms with E-state index in [0.717, 1.165) is 23.0 Å². The van der Waals surface area contributed by atoms with Crippen LogP contribution in [0.15, 0.2) is 58.1 Å². The summed E-state index contributed by atoms with van der Waals surface area (Å²) in [5.41, 5.74) is 3.74. The van der Waals surface area contributed by atoms with Crippen molar-refractivity contribution in [3.05, 3.63) is 59.7 Å². The summed E-state index contributed by atoms with van der Waals surface area (Å²) < 4.78 is 6.19. The van der Waals surface area contributed by atoms with Crippen LogP contribution in [-0.2, 0) is 4.79 Å². The first-order valence-corrected chi connectivity index (χ1v) is 9.61. The molecule has 0 saturated heterocycles. The van der Waals surface area contributed by atoms with Crippen LogP contribution in [0.5, 0.6) is 5.95 Å². The van der Waals surface area contributed by atoms with Gasteiger partial charge in [0.15, 0.2) is 5.95 Å². The Morgan fingerprint density at radius 1 is 1.19 bits per heavy atom. The minimum atomic E-state index is -0.560. The molecule has 0 atom stereocenters. The van der Waals surface area contributed by atoms with Crippen LogP contribution in [0.1, 0.15) is 30.9 Å². The minimum Gasteiger partial charge on any atom is -0.538 e. The molecule has 1 N–H and O–H groups in total. The molecule has 3 rings (SSSR count). The van der Waals surface area contributed by atoms with E-state index in [0.29, 0.717) is 11.6 Å². The molecule has 0 aliphatic heterocycles. The highest BCUT2D eigenvalue weighted by Crippen LogP contribution is 2.24. The Hall–Kier alpha value is -2.80. The smallest absolute Gasteiger partial charge is 0.298 e. The van der Waals surface area contributed by atoms with Crippen LogP contribution in [0.25, 0.3) is 5.69 Å². The van der Waals surface area contributed by atoms with Crippen molar-refractivity contribution in [3.8, 4) is 11.6 Å². The lowest BCUT2D eigenvalue weighted by Gasteiger charge is -2.08. The summed E-state index contributed by atoms with van der Waals surface area (Å²) in [6.45, 7) is 6.21. The molecular weight excluding hydrogens is 362 g/mol. The summed E-state index contributed by atoms with van der Waals surface area (Å²) in [7, 11) is 0. The normalized spacial score (nSPS) is 11.0. The highest BCUT2D eigenvalue weighted by molar-refractivity contribution is 7.99. The number of thioether (sulfide) groups is 1. The molecule has 6 nitrogen and oxygen atoms in total. The summed E-state index contributed by atoms with van der Waals surface area (Å²) in [6, 6.07) is 15.3. The third-order valence-corrected chi connectivity index (χ3v) is 5.07. The topological polar surface area (TPSA) is 82.1 Å². The van der Waals surface area contributed by atoms with Gasteiger partial charge in [0.1, 0.15) is 0 Å². The Labute approximate surface area is 162 Å². The van der Waals surface area contributed by atoms with Crippen LogP contribution in [0.2, 0.25) is 0 Å². The second-order valence-corrected chi connectivity index (χ2v) is 7.49. The van der Waals surface area contributed by atoms with Gasteiger partial charge in [-0.1, -0.05) is 43.7 Å². The molecule has 2 aromatic carbocycles. The molecule has 1 aromatic heterocycles. The lowest BCUT2D eigenvalue weighted by atomic mass is 10.0. The van der Waals surface area contributed by atoms with Gasteiger partial charge in [0.25, 0.3) is 5.03 Å². The Kier molecular flexibility index (Phi) is 5.81. The second kappa shape index (κ2) is 8.26. The van der Waals surface area contributed by atoms with E-state index in [4.69, 9.17) is 4.52 Å². The van der Waals surface area contributed by atoms with Crippen LogP contribution in [0.3, 0.4) is 0 Å². The number of benzene rings is 2. The largest absolute Gasteiger partial charge is 0.538 e. The molecule has 0 unspecified atom stereocenters. The molecule has 0 fully saturated rings. The van der Waals surface area contributed by atoms with Crippen molar-refractivity contribution in [2.45, 2.75) is 31.7 Å². The van der Waals surface area contributed by atoms with Gasteiger partial charge in [-0.3, -0.25) is 4.79 Å². The number of nitrogens with one attached hydrogen (secondary N) is 1. The van der Waals surface area contributed by atoms with Crippen molar-refractivity contribution in [3.63, 3.8) is 0 Å². The number of carbonyl (C=O) groups is 1. The molecule has 1 heterocycles. The number of nitrogens with zero attached hydrogens (tertiary/aromatic N) is 2. The standard InChI is InChI=1S/C20H21N3O3S/c1-13(2)15-6-8-16(9-7-15)21-18(24)12-27-19-20(25)26-22-23(19)17-10-4-14(3)5-11-17/h4-11,13H,12H2,1-3H3,(H-,21,22,24,25). The maximum atomic E-state index is 12.2. The predicted molar refractivity (Wildman–Crippen MR) is 102 cm³/mol. The molecule has 3 aromatic rings. The second-order valence-electron chi connectivity index (χ2n) is 6.53. The number of aryl methyl sites for hydroxylation is 1. The summed E-state index contributed by atoms with van der Waals surface area (Å²) in [6.07, 6.45) is 0. The average Bonchev–Trinajstić information content (AvgIpc) is 3.01. The summed E-state index contributed by atoms with van der Waals surface area (Å²) in [5.74, 6) is -0.247. The highest BCUT2D eigenvalue weighted by Gasteiger charge is 2.22. The number of amides is 1. The van der Waals surface area contributed by atoms with Crippen molar-refractivity contribution in [1.82, 2.24) is 5.27 Å². The first kappa shape index (κ1) is 19.0. The monoisotopic (exact) mass is 383 g/mol. The van der Waals surface area contributed by atoms with Gasteiger partial charge in [0.2, 0.25) is 11.6 Å². The van der Waals surface area contributed by atoms with Crippen molar-refractivity contribution in [2.75, 3.05) is 11.1 Å². The van der Waals surface area contributed by atoms with Crippen molar-refractivity contribution in [2.24, 2.45) is 0 Å². The van der Waals surface area contributed by atoms with Gasteiger partial charge >= 0.3 is 0 Å². The molecule has 27 heavy (non-hydrogen) atoms. The Bertz CT molecular complexity index is 919. The van der Waals surface area contributed by atoms with E-state index >= 15 is 0 Å². The molecule has 140 valence electrons. The van der Waals surface area contributed by atoms with Gasteiger partial charge in [0.05, 0.1) is 11.0 Å². The Morgan fingerprint density at radius 3 is 2.48 bits per heavy atom. The van der Waals surface area contributed by atoms with E-state index < -0.39 is 5.95 Å². The van der Waals surface area contributed by atoms with Crippen LogP contribution in [0.4, 0.5) is 5.69 Å². The molecule has 0 radical (unpaired) electrons. The number of hydrogen-bond donors (Lipinski definition) is 1. The van der Waals surface area contributed by atoms with Crippen molar-refractivity contribution >= 4 is 23.4 Å². The summed E-state index contributed by atoms with van der Waals surface area (Å²) >= 11 is 1.10. The fraction of sp³-hybridized carbons (Fsp3) is 0.250. The molecule has 0 aliphatic carbocycles. The zero-order chi connectivity index (χ0) is 19.4. The number of carbonyl (C=O) groups excluding carboxylic acids is 1. The maximum absolute atomic E-state index is 12.2. The van der Waals surface area contributed by atoms with E-state index in [1.165, 1.54) is 10.2 Å². The van der Waals surface area contributed by atoms with Gasteiger partial charge in [-0.2, -0.15) is 0 Å². The van der Waals surface area contributed by atoms with Crippen LogP contribution in [0, 0.1) is 6.92 Å². The van der Waals surface area contributed by atoms with Gasteiger partial charge in [0, 0.05) is 17.8 Å². The first-order chi connectivity index (χ1) is 12.9. The van der Waals surface area contributed by atoms with Gasteiger partial charge in [-0.15, -0.1) is 0 Å². The van der Waals surface area contributed by atoms with E-state index in [1.54, 1.807) is 0 Å². The summed E-state index contributed by atoms with van der Waals surface area (Å²) in [4.78, 5) is 12.2. The third-order valence-electron chi connectivity index (χ3n) is 4.05. The zero-order valence-corrected chi connectivity index (χ0v) is 16.2. The predicted octanol–water partition coefficient (Wildman–Crippen LogP) is 3.19. The number of hydrogen-bond acceptors (Lipinski definition) is 5. The average molecular weight is 383 g/mol. The molecular formula is C20H21N3O3S. The van der Waals surface area contributed by atoms with Crippen molar-refractivity contribution < 1.29 is 19.1 Å². The van der Waals surface area contributed by atoms with E-state index in [1.807, 2.05) is 55.5 Å². The summed E-state index contributed by atoms with van der Waals surface area (Å²) in [5, 5.41) is 18.8. The number of anilines is 1. The van der Waals surface area contributed by atoms with Crippen LogP contribution in [-0.4, -0.2) is 16.9 Å². The highest BCUT2D eigenvalue weighted by atomic mass is 32.2. The Morgan fingerprint density at radius 2 is 1.85 bits per heavy atom. The fourth-order valence-electron chi connectivity index (χ4n) is 2.49. The lowest BCUT2D eigenvalue weighted by Crippen LogP contribution is -2.35. The van der Waals surface area contributed by atoms with E-state index in [2.05, 4.69) is 24.4 Å². The molecule has 0 aliphatic rings. The molecule has 0 saturated carbocycles. The third kappa shape index (κ3) is 4.68. The molecule has 1 amide bonds. The van der Waals surface area contributed by atoms with Gasteiger partial charge in [-0.25, -0.2) is 0 Å².